The zero-order chi connectivity index (χ0) is 12.3. The number of carbonyl (C=O) groups is 1. The Morgan fingerprint density at radius 3 is 2.62 bits per heavy atom. The highest BCUT2D eigenvalue weighted by Crippen LogP contribution is 2.27. The normalized spacial score (nSPS) is 12.2. The van der Waals surface area contributed by atoms with E-state index in [2.05, 4.69) is 0 Å². The van der Waals surface area contributed by atoms with Crippen LogP contribution in [-0.4, -0.2) is 12.6 Å². The molecular formula is C13H19NO2. The summed E-state index contributed by atoms with van der Waals surface area (Å²) >= 11 is 0. The van der Waals surface area contributed by atoms with E-state index in [1.165, 1.54) is 0 Å². The molecule has 16 heavy (non-hydrogen) atoms. The number of esters is 1. The number of nitrogen functional groups attached to an aromatic ring is 1. The molecule has 2 N–H and O–H groups in total. The van der Waals surface area contributed by atoms with Crippen LogP contribution in [0.25, 0.3) is 0 Å². The smallest absolute Gasteiger partial charge is 0.313 e. The standard InChI is InChI=1S/C13H19NO2/c1-5-16-13(15)10(4)11-7-8(2)6-9(3)12(11)14/h6-7,10H,5,14H2,1-4H3. The molecule has 0 bridgehead atoms. The zero-order valence-electron chi connectivity index (χ0n) is 10.3. The summed E-state index contributed by atoms with van der Waals surface area (Å²) in [6.07, 6.45) is 0. The van der Waals surface area contributed by atoms with Crippen molar-refractivity contribution in [1.82, 2.24) is 0 Å². The van der Waals surface area contributed by atoms with E-state index in [0.29, 0.717) is 12.3 Å². The maximum Gasteiger partial charge on any atom is 0.313 e. The van der Waals surface area contributed by atoms with E-state index in [-0.39, 0.29) is 11.9 Å². The third kappa shape index (κ3) is 2.54. The van der Waals surface area contributed by atoms with Crippen LogP contribution in [0.15, 0.2) is 12.1 Å². The monoisotopic (exact) mass is 221 g/mol. The molecule has 88 valence electrons. The Morgan fingerprint density at radius 1 is 1.44 bits per heavy atom. The molecule has 3 heteroatoms. The summed E-state index contributed by atoms with van der Waals surface area (Å²) in [6.45, 7) is 7.96. The third-order valence-electron chi connectivity index (χ3n) is 2.67. The molecule has 0 spiro atoms. The summed E-state index contributed by atoms with van der Waals surface area (Å²) in [5.41, 5.74) is 9.64. The molecule has 0 saturated heterocycles. The molecule has 0 aliphatic rings. The van der Waals surface area contributed by atoms with Crippen molar-refractivity contribution >= 4 is 11.7 Å². The average Bonchev–Trinajstić information content (AvgIpc) is 2.22. The van der Waals surface area contributed by atoms with Gasteiger partial charge in [0.15, 0.2) is 0 Å². The number of aryl methyl sites for hydroxylation is 2. The van der Waals surface area contributed by atoms with Crippen molar-refractivity contribution < 1.29 is 9.53 Å². The SMILES string of the molecule is CCOC(=O)C(C)c1cc(C)cc(C)c1N. The van der Waals surface area contributed by atoms with Gasteiger partial charge < -0.3 is 10.5 Å². The van der Waals surface area contributed by atoms with Gasteiger partial charge in [0, 0.05) is 5.69 Å². The fourth-order valence-electron chi connectivity index (χ4n) is 1.76. The number of rotatable bonds is 3. The zero-order valence-corrected chi connectivity index (χ0v) is 10.3. The first-order valence-electron chi connectivity index (χ1n) is 5.50. The fourth-order valence-corrected chi connectivity index (χ4v) is 1.76. The average molecular weight is 221 g/mol. The van der Waals surface area contributed by atoms with Gasteiger partial charge in [0.2, 0.25) is 0 Å². The molecule has 0 aliphatic carbocycles. The Balaban J connectivity index is 3.08. The summed E-state index contributed by atoms with van der Waals surface area (Å²) in [7, 11) is 0. The minimum Gasteiger partial charge on any atom is -0.466 e. The van der Waals surface area contributed by atoms with Crippen LogP contribution < -0.4 is 5.73 Å². The molecule has 1 aromatic carbocycles. The van der Waals surface area contributed by atoms with Gasteiger partial charge in [0.25, 0.3) is 0 Å². The van der Waals surface area contributed by atoms with Gasteiger partial charge >= 0.3 is 5.97 Å². The second-order valence-electron chi connectivity index (χ2n) is 4.06. The van der Waals surface area contributed by atoms with Crippen molar-refractivity contribution in [2.24, 2.45) is 0 Å². The van der Waals surface area contributed by atoms with Crippen LogP contribution in [0.1, 0.15) is 36.5 Å². The molecule has 1 rings (SSSR count). The molecule has 0 heterocycles. The lowest BCUT2D eigenvalue weighted by atomic mass is 9.95. The van der Waals surface area contributed by atoms with Gasteiger partial charge in [-0.2, -0.15) is 0 Å². The van der Waals surface area contributed by atoms with Gasteiger partial charge in [-0.05, 0) is 38.8 Å². The minimum absolute atomic E-state index is 0.223. The largest absolute Gasteiger partial charge is 0.466 e. The van der Waals surface area contributed by atoms with Crippen molar-refractivity contribution in [3.8, 4) is 0 Å². The van der Waals surface area contributed by atoms with Crippen molar-refractivity contribution in [2.45, 2.75) is 33.6 Å². The van der Waals surface area contributed by atoms with Crippen molar-refractivity contribution in [1.29, 1.82) is 0 Å². The molecule has 0 aromatic heterocycles. The minimum atomic E-state index is -0.307. The summed E-state index contributed by atoms with van der Waals surface area (Å²) in [4.78, 5) is 11.6. The first kappa shape index (κ1) is 12.6. The van der Waals surface area contributed by atoms with Crippen molar-refractivity contribution in [2.75, 3.05) is 12.3 Å². The van der Waals surface area contributed by atoms with Crippen LogP contribution in [0, 0.1) is 13.8 Å². The lowest BCUT2D eigenvalue weighted by molar-refractivity contribution is -0.144. The topological polar surface area (TPSA) is 52.3 Å². The quantitative estimate of drug-likeness (QED) is 0.630. The summed E-state index contributed by atoms with van der Waals surface area (Å²) in [5.74, 6) is -0.530. The molecule has 1 aromatic rings. The number of anilines is 1. The van der Waals surface area contributed by atoms with Crippen LogP contribution in [0.5, 0.6) is 0 Å². The van der Waals surface area contributed by atoms with Crippen LogP contribution in [0.4, 0.5) is 5.69 Å². The molecule has 1 atom stereocenters. The number of hydrogen-bond donors (Lipinski definition) is 1. The van der Waals surface area contributed by atoms with Gasteiger partial charge in [-0.3, -0.25) is 4.79 Å². The van der Waals surface area contributed by atoms with Crippen LogP contribution >= 0.6 is 0 Å². The van der Waals surface area contributed by atoms with E-state index in [4.69, 9.17) is 10.5 Å². The summed E-state index contributed by atoms with van der Waals surface area (Å²) in [5, 5.41) is 0. The van der Waals surface area contributed by atoms with E-state index in [1.807, 2.05) is 32.9 Å². The van der Waals surface area contributed by atoms with Crippen LogP contribution in [0.3, 0.4) is 0 Å². The van der Waals surface area contributed by atoms with E-state index in [1.54, 1.807) is 6.92 Å². The number of ether oxygens (including phenoxy) is 1. The molecular weight excluding hydrogens is 202 g/mol. The molecule has 0 fully saturated rings. The van der Waals surface area contributed by atoms with Gasteiger partial charge in [0.05, 0.1) is 12.5 Å². The van der Waals surface area contributed by atoms with Crippen molar-refractivity contribution in [3.05, 3.63) is 28.8 Å². The second-order valence-corrected chi connectivity index (χ2v) is 4.06. The van der Waals surface area contributed by atoms with E-state index in [0.717, 1.165) is 16.7 Å². The van der Waals surface area contributed by atoms with Gasteiger partial charge in [-0.15, -0.1) is 0 Å². The Kier molecular flexibility index (Phi) is 3.93. The Labute approximate surface area is 96.6 Å². The highest BCUT2D eigenvalue weighted by atomic mass is 16.5. The Bertz CT molecular complexity index is 399. The molecule has 3 nitrogen and oxygen atoms in total. The first-order chi connectivity index (χ1) is 7.47. The van der Waals surface area contributed by atoms with E-state index in [9.17, 15) is 4.79 Å². The number of nitrogens with two attached hydrogens (primary N) is 1. The maximum atomic E-state index is 11.6. The van der Waals surface area contributed by atoms with Crippen LogP contribution in [0.2, 0.25) is 0 Å². The summed E-state index contributed by atoms with van der Waals surface area (Å²) < 4.78 is 5.00. The van der Waals surface area contributed by atoms with Crippen LogP contribution in [-0.2, 0) is 9.53 Å². The predicted molar refractivity (Wildman–Crippen MR) is 65.4 cm³/mol. The fraction of sp³-hybridized carbons (Fsp3) is 0.462. The highest BCUT2D eigenvalue weighted by Gasteiger charge is 2.19. The maximum absolute atomic E-state index is 11.6. The van der Waals surface area contributed by atoms with Gasteiger partial charge in [-0.25, -0.2) is 0 Å². The lowest BCUT2D eigenvalue weighted by Crippen LogP contribution is -2.15. The molecule has 0 aliphatic heterocycles. The molecule has 0 saturated carbocycles. The van der Waals surface area contributed by atoms with Gasteiger partial charge in [0.1, 0.15) is 0 Å². The molecule has 0 amide bonds. The van der Waals surface area contributed by atoms with E-state index >= 15 is 0 Å². The molecule has 1 unspecified atom stereocenters. The van der Waals surface area contributed by atoms with Crippen molar-refractivity contribution in [3.63, 3.8) is 0 Å². The predicted octanol–water partition coefficient (Wildman–Crippen LogP) is 2.55. The number of carbonyl (C=O) groups excluding carboxylic acids is 1. The Morgan fingerprint density at radius 2 is 2.06 bits per heavy atom. The second kappa shape index (κ2) is 5.01. The molecule has 0 radical (unpaired) electrons. The third-order valence-corrected chi connectivity index (χ3v) is 2.67. The lowest BCUT2D eigenvalue weighted by Gasteiger charge is -2.15. The first-order valence-corrected chi connectivity index (χ1v) is 5.50. The van der Waals surface area contributed by atoms with E-state index < -0.39 is 0 Å². The number of hydrogen-bond acceptors (Lipinski definition) is 3. The number of benzene rings is 1. The summed E-state index contributed by atoms with van der Waals surface area (Å²) in [6, 6.07) is 3.96. The van der Waals surface area contributed by atoms with Gasteiger partial charge in [-0.1, -0.05) is 17.7 Å². The highest BCUT2D eigenvalue weighted by molar-refractivity contribution is 5.80. The Hall–Kier alpha value is -1.51.